The fourth-order valence-corrected chi connectivity index (χ4v) is 2.61. The smallest absolute Gasteiger partial charge is 0.258 e. The lowest BCUT2D eigenvalue weighted by Crippen LogP contribution is -2.22. The fourth-order valence-electron chi connectivity index (χ4n) is 2.61. The van der Waals surface area contributed by atoms with Crippen LogP contribution in [0, 0.1) is 6.92 Å². The minimum absolute atomic E-state index is 0.0633. The third kappa shape index (κ3) is 3.60. The predicted octanol–water partition coefficient (Wildman–Crippen LogP) is 2.04. The second kappa shape index (κ2) is 6.80. The molecule has 24 heavy (non-hydrogen) atoms. The number of aromatic nitrogens is 3. The molecule has 3 aromatic heterocycles. The molecule has 0 aliphatic carbocycles. The molecule has 0 bridgehead atoms. The van der Waals surface area contributed by atoms with Gasteiger partial charge in [-0.05, 0) is 31.7 Å². The highest BCUT2D eigenvalue weighted by Gasteiger charge is 2.08. The summed E-state index contributed by atoms with van der Waals surface area (Å²) in [6.07, 6.45) is 1.80. The predicted molar refractivity (Wildman–Crippen MR) is 92.2 cm³/mol. The number of pyridine rings is 2. The number of fused-ring (bicyclic) bond motifs is 1. The Morgan fingerprint density at radius 1 is 1.12 bits per heavy atom. The highest BCUT2D eigenvalue weighted by molar-refractivity contribution is 5.39. The number of hydrogen-bond acceptors (Lipinski definition) is 5. The Morgan fingerprint density at radius 3 is 2.71 bits per heavy atom. The van der Waals surface area contributed by atoms with Crippen molar-refractivity contribution in [3.8, 4) is 5.88 Å². The van der Waals surface area contributed by atoms with Gasteiger partial charge < -0.3 is 4.74 Å². The van der Waals surface area contributed by atoms with Crippen LogP contribution in [0.1, 0.15) is 17.0 Å². The van der Waals surface area contributed by atoms with Crippen LogP contribution in [0.15, 0.2) is 47.4 Å². The van der Waals surface area contributed by atoms with Crippen molar-refractivity contribution in [1.82, 2.24) is 19.3 Å². The van der Waals surface area contributed by atoms with Crippen LogP contribution in [0.25, 0.3) is 5.65 Å². The highest BCUT2D eigenvalue weighted by atomic mass is 16.5. The van der Waals surface area contributed by atoms with E-state index in [1.54, 1.807) is 23.8 Å². The van der Waals surface area contributed by atoms with Crippen LogP contribution in [0.4, 0.5) is 0 Å². The lowest BCUT2D eigenvalue weighted by molar-refractivity contribution is 0.308. The average molecular weight is 324 g/mol. The van der Waals surface area contributed by atoms with Crippen LogP contribution in [0.5, 0.6) is 5.88 Å². The molecule has 0 aromatic carbocycles. The van der Waals surface area contributed by atoms with E-state index in [1.165, 1.54) is 0 Å². The Kier molecular flexibility index (Phi) is 4.57. The summed E-state index contributed by atoms with van der Waals surface area (Å²) in [6, 6.07) is 11.1. The van der Waals surface area contributed by atoms with E-state index in [9.17, 15) is 4.79 Å². The zero-order chi connectivity index (χ0) is 17.1. The summed E-state index contributed by atoms with van der Waals surface area (Å²) in [4.78, 5) is 23.3. The lowest BCUT2D eigenvalue weighted by atomic mass is 10.3. The monoisotopic (exact) mass is 324 g/mol. The minimum atomic E-state index is -0.0633. The Balaban J connectivity index is 1.78. The van der Waals surface area contributed by atoms with Crippen molar-refractivity contribution in [2.24, 2.45) is 0 Å². The first-order valence-electron chi connectivity index (χ1n) is 7.72. The van der Waals surface area contributed by atoms with Gasteiger partial charge in [-0.25, -0.2) is 9.97 Å². The molecule has 0 amide bonds. The molecule has 0 unspecified atom stereocenters. The number of rotatable bonds is 5. The molecule has 0 fully saturated rings. The van der Waals surface area contributed by atoms with Gasteiger partial charge in [0.1, 0.15) is 5.65 Å². The van der Waals surface area contributed by atoms with Crippen molar-refractivity contribution >= 4 is 5.65 Å². The molecule has 6 nitrogen and oxygen atoms in total. The van der Waals surface area contributed by atoms with Gasteiger partial charge in [-0.15, -0.1) is 0 Å². The quantitative estimate of drug-likeness (QED) is 0.719. The van der Waals surface area contributed by atoms with Gasteiger partial charge in [0, 0.05) is 31.4 Å². The van der Waals surface area contributed by atoms with Crippen molar-refractivity contribution in [3.05, 3.63) is 69.9 Å². The molecule has 3 heterocycles. The molecule has 6 heteroatoms. The van der Waals surface area contributed by atoms with E-state index in [0.29, 0.717) is 24.6 Å². The maximum atomic E-state index is 12.3. The van der Waals surface area contributed by atoms with Gasteiger partial charge in [-0.3, -0.25) is 14.1 Å². The Labute approximate surface area is 140 Å². The summed E-state index contributed by atoms with van der Waals surface area (Å²) in [7, 11) is 3.57. The summed E-state index contributed by atoms with van der Waals surface area (Å²) >= 11 is 0. The second-order valence-electron chi connectivity index (χ2n) is 5.86. The highest BCUT2D eigenvalue weighted by Crippen LogP contribution is 2.10. The van der Waals surface area contributed by atoms with E-state index in [1.807, 2.05) is 44.3 Å². The molecular weight excluding hydrogens is 304 g/mol. The minimum Gasteiger partial charge on any atom is -0.481 e. The van der Waals surface area contributed by atoms with Crippen molar-refractivity contribution in [2.45, 2.75) is 20.0 Å². The van der Waals surface area contributed by atoms with Crippen LogP contribution in [-0.4, -0.2) is 33.4 Å². The summed E-state index contributed by atoms with van der Waals surface area (Å²) in [6.45, 7) is 3.17. The molecule has 0 spiro atoms. The van der Waals surface area contributed by atoms with Gasteiger partial charge in [0.25, 0.3) is 5.56 Å². The molecule has 0 radical (unpaired) electrons. The standard InChI is InChI=1S/C18H20N4O2/c1-13-7-8-16-19-15(9-18(23)22(16)10-13)12-21(2)11-14-5-4-6-17(20-14)24-3/h4-10H,11-12H2,1-3H3. The van der Waals surface area contributed by atoms with Gasteiger partial charge >= 0.3 is 0 Å². The van der Waals surface area contributed by atoms with Gasteiger partial charge in [-0.2, -0.15) is 0 Å². The van der Waals surface area contributed by atoms with Crippen LogP contribution >= 0.6 is 0 Å². The molecule has 0 aliphatic rings. The lowest BCUT2D eigenvalue weighted by Gasteiger charge is -2.16. The maximum absolute atomic E-state index is 12.3. The Hall–Kier alpha value is -2.73. The zero-order valence-electron chi connectivity index (χ0n) is 14.1. The molecule has 0 saturated heterocycles. The third-order valence-corrected chi connectivity index (χ3v) is 3.71. The Morgan fingerprint density at radius 2 is 1.92 bits per heavy atom. The molecule has 3 aromatic rings. The van der Waals surface area contributed by atoms with E-state index in [2.05, 4.69) is 14.9 Å². The number of methoxy groups -OCH3 is 1. The fraction of sp³-hybridized carbons (Fsp3) is 0.278. The molecule has 0 aliphatic heterocycles. The van der Waals surface area contributed by atoms with Crippen LogP contribution in [0.2, 0.25) is 0 Å². The molecular formula is C18H20N4O2. The number of ether oxygens (including phenoxy) is 1. The first kappa shape index (κ1) is 16.1. The van der Waals surface area contributed by atoms with Crippen LogP contribution < -0.4 is 10.3 Å². The topological polar surface area (TPSA) is 59.7 Å². The van der Waals surface area contributed by atoms with Crippen molar-refractivity contribution in [3.63, 3.8) is 0 Å². The van der Waals surface area contributed by atoms with E-state index in [0.717, 1.165) is 17.0 Å². The number of nitrogens with zero attached hydrogens (tertiary/aromatic N) is 4. The van der Waals surface area contributed by atoms with Crippen molar-refractivity contribution in [1.29, 1.82) is 0 Å². The largest absolute Gasteiger partial charge is 0.481 e. The van der Waals surface area contributed by atoms with Gasteiger partial charge in [-0.1, -0.05) is 12.1 Å². The molecule has 124 valence electrons. The first-order valence-corrected chi connectivity index (χ1v) is 7.72. The van der Waals surface area contributed by atoms with E-state index < -0.39 is 0 Å². The zero-order valence-corrected chi connectivity index (χ0v) is 14.1. The molecule has 0 atom stereocenters. The van der Waals surface area contributed by atoms with E-state index >= 15 is 0 Å². The van der Waals surface area contributed by atoms with Crippen molar-refractivity contribution in [2.75, 3.05) is 14.2 Å². The van der Waals surface area contributed by atoms with Gasteiger partial charge in [0.15, 0.2) is 0 Å². The Bertz CT molecular complexity index is 920. The third-order valence-electron chi connectivity index (χ3n) is 3.71. The number of aryl methyl sites for hydroxylation is 1. The number of hydrogen-bond donors (Lipinski definition) is 0. The summed E-state index contributed by atoms with van der Waals surface area (Å²) in [5.41, 5.74) is 3.28. The van der Waals surface area contributed by atoms with Crippen molar-refractivity contribution < 1.29 is 4.74 Å². The second-order valence-corrected chi connectivity index (χ2v) is 5.86. The maximum Gasteiger partial charge on any atom is 0.258 e. The van der Waals surface area contributed by atoms with Crippen LogP contribution in [0.3, 0.4) is 0 Å². The normalized spacial score (nSPS) is 11.2. The van der Waals surface area contributed by atoms with E-state index in [4.69, 9.17) is 4.74 Å². The summed E-state index contributed by atoms with van der Waals surface area (Å²) < 4.78 is 6.71. The van der Waals surface area contributed by atoms with Gasteiger partial charge in [0.05, 0.1) is 18.5 Å². The van der Waals surface area contributed by atoms with E-state index in [-0.39, 0.29) is 5.56 Å². The van der Waals surface area contributed by atoms with Gasteiger partial charge in [0.2, 0.25) is 5.88 Å². The first-order chi connectivity index (χ1) is 11.5. The summed E-state index contributed by atoms with van der Waals surface area (Å²) in [5, 5.41) is 0. The summed E-state index contributed by atoms with van der Waals surface area (Å²) in [5.74, 6) is 0.596. The average Bonchev–Trinajstić information content (AvgIpc) is 2.55. The SMILES string of the molecule is COc1cccc(CN(C)Cc2cc(=O)n3cc(C)ccc3n2)n1. The molecule has 0 N–H and O–H groups in total. The molecule has 3 rings (SSSR count). The van der Waals surface area contributed by atoms with Crippen LogP contribution in [-0.2, 0) is 13.1 Å². The molecule has 0 saturated carbocycles.